The molecule has 4 heterocycles. The number of ether oxygens (including phenoxy) is 1. The van der Waals surface area contributed by atoms with Gasteiger partial charge >= 0.3 is 0 Å². The predicted octanol–water partition coefficient (Wildman–Crippen LogP) is 4.35. The van der Waals surface area contributed by atoms with Crippen molar-refractivity contribution in [1.82, 2.24) is 24.3 Å². The molecule has 0 unspecified atom stereocenters. The molecule has 0 aliphatic heterocycles. The van der Waals surface area contributed by atoms with E-state index in [0.29, 0.717) is 12.5 Å². The van der Waals surface area contributed by atoms with E-state index in [1.807, 2.05) is 42.5 Å². The molecule has 0 aliphatic rings. The van der Waals surface area contributed by atoms with Crippen molar-refractivity contribution in [1.29, 1.82) is 0 Å². The van der Waals surface area contributed by atoms with Gasteiger partial charge < -0.3 is 14.6 Å². The van der Waals surface area contributed by atoms with Crippen molar-refractivity contribution < 1.29 is 4.74 Å². The molecule has 29 heavy (non-hydrogen) atoms. The van der Waals surface area contributed by atoms with Crippen LogP contribution in [0.1, 0.15) is 25.3 Å². The highest BCUT2D eigenvalue weighted by Crippen LogP contribution is 2.25. The summed E-state index contributed by atoms with van der Waals surface area (Å²) in [6, 6.07) is 8.16. The van der Waals surface area contributed by atoms with Gasteiger partial charge in [0.05, 0.1) is 30.4 Å². The van der Waals surface area contributed by atoms with Crippen molar-refractivity contribution in [2.75, 3.05) is 19.0 Å². The van der Waals surface area contributed by atoms with Crippen LogP contribution in [0.5, 0.6) is 0 Å². The highest BCUT2D eigenvalue weighted by molar-refractivity contribution is 5.81. The van der Waals surface area contributed by atoms with Crippen LogP contribution in [0.15, 0.2) is 49.1 Å². The Labute approximate surface area is 170 Å². The molecule has 0 atom stereocenters. The third kappa shape index (κ3) is 4.14. The Kier molecular flexibility index (Phi) is 5.31. The number of aryl methyl sites for hydroxylation is 1. The molecule has 0 aromatic carbocycles. The first-order valence-electron chi connectivity index (χ1n) is 9.75. The molecule has 1 N–H and O–H groups in total. The maximum absolute atomic E-state index is 5.11. The monoisotopic (exact) mass is 390 g/mol. The van der Waals surface area contributed by atoms with E-state index >= 15 is 0 Å². The third-order valence-corrected chi connectivity index (χ3v) is 4.98. The van der Waals surface area contributed by atoms with Crippen LogP contribution >= 0.6 is 0 Å². The lowest BCUT2D eigenvalue weighted by Crippen LogP contribution is -2.03. The Balaban J connectivity index is 1.61. The smallest absolute Gasteiger partial charge is 0.132 e. The van der Waals surface area contributed by atoms with Gasteiger partial charge in [0, 0.05) is 43.9 Å². The van der Waals surface area contributed by atoms with Crippen molar-refractivity contribution in [3.05, 3.63) is 54.6 Å². The first kappa shape index (κ1) is 19.1. The Morgan fingerprint density at radius 2 is 1.93 bits per heavy atom. The van der Waals surface area contributed by atoms with Crippen LogP contribution in [-0.4, -0.2) is 38.0 Å². The molecule has 0 bridgehead atoms. The van der Waals surface area contributed by atoms with Crippen LogP contribution in [0.2, 0.25) is 0 Å². The third-order valence-electron chi connectivity index (χ3n) is 4.98. The summed E-state index contributed by atoms with van der Waals surface area (Å²) in [5.74, 6) is 2.30. The maximum atomic E-state index is 5.11. The van der Waals surface area contributed by atoms with Gasteiger partial charge in [-0.2, -0.15) is 5.10 Å². The molecule has 4 aromatic heterocycles. The van der Waals surface area contributed by atoms with Gasteiger partial charge in [-0.3, -0.25) is 9.67 Å². The van der Waals surface area contributed by atoms with Crippen LogP contribution in [0.3, 0.4) is 0 Å². The summed E-state index contributed by atoms with van der Waals surface area (Å²) in [5.41, 5.74) is 5.01. The number of nitrogens with zero attached hydrogens (tertiary/aromatic N) is 5. The van der Waals surface area contributed by atoms with Gasteiger partial charge in [-0.1, -0.05) is 13.8 Å². The summed E-state index contributed by atoms with van der Waals surface area (Å²) >= 11 is 0. The molecule has 150 valence electrons. The second-order valence-corrected chi connectivity index (χ2v) is 7.49. The average molecular weight is 390 g/mol. The zero-order chi connectivity index (χ0) is 20.4. The van der Waals surface area contributed by atoms with E-state index in [1.54, 1.807) is 7.11 Å². The molecule has 7 nitrogen and oxygen atoms in total. The topological polar surface area (TPSA) is 69.8 Å². The second kappa shape index (κ2) is 8.05. The predicted molar refractivity (Wildman–Crippen MR) is 115 cm³/mol. The molecule has 0 fully saturated rings. The first-order valence-corrected chi connectivity index (χ1v) is 9.75. The van der Waals surface area contributed by atoms with E-state index in [2.05, 4.69) is 52.1 Å². The largest absolute Gasteiger partial charge is 0.383 e. The lowest BCUT2D eigenvalue weighted by atomic mass is 10.1. The van der Waals surface area contributed by atoms with Gasteiger partial charge in [-0.05, 0) is 35.7 Å². The Bertz CT molecular complexity index is 1130. The van der Waals surface area contributed by atoms with E-state index in [0.717, 1.165) is 40.3 Å². The van der Waals surface area contributed by atoms with Crippen molar-refractivity contribution in [2.24, 2.45) is 7.05 Å². The molecule has 4 aromatic rings. The molecular weight excluding hydrogens is 364 g/mol. The van der Waals surface area contributed by atoms with Crippen molar-refractivity contribution in [2.45, 2.75) is 26.3 Å². The second-order valence-electron chi connectivity index (χ2n) is 7.49. The average Bonchev–Trinajstić information content (AvgIpc) is 3.33. The fraction of sp³-hybridized carbons (Fsp3) is 0.318. The quantitative estimate of drug-likeness (QED) is 0.508. The van der Waals surface area contributed by atoms with Crippen LogP contribution in [0.4, 0.5) is 11.6 Å². The first-order chi connectivity index (χ1) is 14.0. The molecule has 0 saturated heterocycles. The van der Waals surface area contributed by atoms with Gasteiger partial charge in [0.1, 0.15) is 11.6 Å². The molecule has 0 amide bonds. The number of aromatic nitrogens is 5. The van der Waals surface area contributed by atoms with Gasteiger partial charge in [0.25, 0.3) is 0 Å². The van der Waals surface area contributed by atoms with Crippen molar-refractivity contribution >= 4 is 22.7 Å². The number of pyridine rings is 2. The zero-order valence-electron chi connectivity index (χ0n) is 17.3. The van der Waals surface area contributed by atoms with Gasteiger partial charge in [-0.25, -0.2) is 4.98 Å². The zero-order valence-corrected chi connectivity index (χ0v) is 17.3. The number of anilines is 2. The number of methoxy groups -OCH3 is 1. The van der Waals surface area contributed by atoms with Gasteiger partial charge in [-0.15, -0.1) is 0 Å². The maximum Gasteiger partial charge on any atom is 0.132 e. The SMILES string of the molecule is COCCn1cc(-c2cnc3ccc(Nc4cc(C(C)C)cn4C)nc3c2)cn1. The van der Waals surface area contributed by atoms with Gasteiger partial charge in [0.2, 0.25) is 0 Å². The van der Waals surface area contributed by atoms with Crippen molar-refractivity contribution in [3.63, 3.8) is 0 Å². The summed E-state index contributed by atoms with van der Waals surface area (Å²) in [4.78, 5) is 9.34. The lowest BCUT2D eigenvalue weighted by Gasteiger charge is -2.08. The summed E-state index contributed by atoms with van der Waals surface area (Å²) in [6.45, 7) is 5.74. The molecule has 0 radical (unpaired) electrons. The molecule has 0 aliphatic carbocycles. The highest BCUT2D eigenvalue weighted by Gasteiger charge is 2.09. The minimum absolute atomic E-state index is 0.484. The van der Waals surface area contributed by atoms with Crippen LogP contribution in [-0.2, 0) is 18.3 Å². The molecule has 4 rings (SSSR count). The highest BCUT2D eigenvalue weighted by atomic mass is 16.5. The Morgan fingerprint density at radius 3 is 2.69 bits per heavy atom. The van der Waals surface area contributed by atoms with E-state index in [1.165, 1.54) is 5.56 Å². The number of fused-ring (bicyclic) bond motifs is 1. The van der Waals surface area contributed by atoms with Crippen LogP contribution in [0.25, 0.3) is 22.2 Å². The van der Waals surface area contributed by atoms with Crippen LogP contribution in [0, 0.1) is 0 Å². The molecule has 0 spiro atoms. The Hall–Kier alpha value is -3.19. The lowest BCUT2D eigenvalue weighted by molar-refractivity contribution is 0.183. The van der Waals surface area contributed by atoms with Gasteiger partial charge in [0.15, 0.2) is 0 Å². The Morgan fingerprint density at radius 1 is 1.07 bits per heavy atom. The minimum Gasteiger partial charge on any atom is -0.383 e. The van der Waals surface area contributed by atoms with Crippen molar-refractivity contribution in [3.8, 4) is 11.1 Å². The number of hydrogen-bond donors (Lipinski definition) is 1. The summed E-state index contributed by atoms with van der Waals surface area (Å²) in [5, 5.41) is 7.80. The number of hydrogen-bond acceptors (Lipinski definition) is 5. The number of rotatable bonds is 7. The number of nitrogens with one attached hydrogen (secondary N) is 1. The fourth-order valence-electron chi connectivity index (χ4n) is 3.22. The standard InChI is InChI=1S/C22H26N6O/c1-15(2)17-10-22(27(3)13-17)26-21-6-5-19-20(25-21)9-16(11-23-19)18-12-24-28(14-18)7-8-29-4/h5-6,9-15H,7-8H2,1-4H3,(H,25,26). The molecule has 7 heteroatoms. The summed E-state index contributed by atoms with van der Waals surface area (Å²) in [7, 11) is 3.73. The van der Waals surface area contributed by atoms with Crippen LogP contribution < -0.4 is 5.32 Å². The van der Waals surface area contributed by atoms with E-state index in [9.17, 15) is 0 Å². The summed E-state index contributed by atoms with van der Waals surface area (Å²) in [6.07, 6.45) is 7.86. The molecular formula is C22H26N6O. The van der Waals surface area contributed by atoms with E-state index in [4.69, 9.17) is 9.72 Å². The van der Waals surface area contributed by atoms with E-state index < -0.39 is 0 Å². The molecule has 0 saturated carbocycles. The van der Waals surface area contributed by atoms with E-state index in [-0.39, 0.29) is 0 Å². The normalized spacial score (nSPS) is 11.5. The summed E-state index contributed by atoms with van der Waals surface area (Å²) < 4.78 is 9.07. The minimum atomic E-state index is 0.484. The fourth-order valence-corrected chi connectivity index (χ4v) is 3.22.